The van der Waals surface area contributed by atoms with Gasteiger partial charge < -0.3 is 34.0 Å². The second-order valence-corrected chi connectivity index (χ2v) is 16.2. The zero-order valence-corrected chi connectivity index (χ0v) is 34.8. The number of oxime groups is 1. The summed E-state index contributed by atoms with van der Waals surface area (Å²) in [6.07, 6.45) is 8.26. The molecule has 60 heavy (non-hydrogen) atoms. The molecule has 0 aromatic heterocycles. The molecule has 4 aliphatic rings. The highest BCUT2D eigenvalue weighted by Crippen LogP contribution is 2.62. The van der Waals surface area contributed by atoms with Gasteiger partial charge in [-0.05, 0) is 91.5 Å². The van der Waals surface area contributed by atoms with Crippen LogP contribution in [0.2, 0.25) is 0 Å². The van der Waals surface area contributed by atoms with E-state index in [1.54, 1.807) is 30.0 Å². The fourth-order valence-electron chi connectivity index (χ4n) is 9.38. The summed E-state index contributed by atoms with van der Waals surface area (Å²) in [7, 11) is 0. The van der Waals surface area contributed by atoms with Gasteiger partial charge in [-0.2, -0.15) is 0 Å². The van der Waals surface area contributed by atoms with Crippen LogP contribution >= 0.6 is 0 Å². The largest absolute Gasteiger partial charge is 0.492 e. The van der Waals surface area contributed by atoms with Crippen LogP contribution in [0.3, 0.4) is 0 Å². The lowest BCUT2D eigenvalue weighted by molar-refractivity contribution is -0.256. The van der Waals surface area contributed by atoms with E-state index in [-0.39, 0.29) is 69.6 Å². The molecule has 0 bridgehead atoms. The summed E-state index contributed by atoms with van der Waals surface area (Å²) in [4.78, 5) is 24.5. The SMILES string of the molecule is C=CCO[C@@]12Oc3ccc(OCCN4CC4)cc3[C@H]3[C@H](CCCCO)[C@@H](CCCCO)C=C(C(=NOCc4ccccc4)C[C@@H]1N(Cc1ccc(F)cc1)C(=O)OCC)[C@H]32. The Morgan fingerprint density at radius 1 is 1.02 bits per heavy atom. The molecule has 2 fully saturated rings. The fourth-order valence-corrected chi connectivity index (χ4v) is 9.38. The van der Waals surface area contributed by atoms with Gasteiger partial charge in [-0.1, -0.05) is 72.6 Å². The highest BCUT2D eigenvalue weighted by molar-refractivity contribution is 6.03. The highest BCUT2D eigenvalue weighted by Gasteiger charge is 2.65. The first-order valence-corrected chi connectivity index (χ1v) is 21.7. The number of benzene rings is 3. The van der Waals surface area contributed by atoms with Crippen molar-refractivity contribution >= 4 is 11.8 Å². The molecular formula is C48H60FN3O8. The fraction of sp³-hybridized carbons (Fsp3) is 0.500. The van der Waals surface area contributed by atoms with Gasteiger partial charge in [0, 0.05) is 57.3 Å². The van der Waals surface area contributed by atoms with E-state index < -0.39 is 23.8 Å². The van der Waals surface area contributed by atoms with Crippen molar-refractivity contribution in [3.63, 3.8) is 0 Å². The number of amides is 1. The van der Waals surface area contributed by atoms with E-state index in [2.05, 4.69) is 23.6 Å². The Labute approximate surface area is 353 Å². The average Bonchev–Trinajstić information content (AvgIpc) is 4.09. The monoisotopic (exact) mass is 825 g/mol. The van der Waals surface area contributed by atoms with Crippen molar-refractivity contribution in [2.24, 2.45) is 22.9 Å². The van der Waals surface area contributed by atoms with Crippen LogP contribution in [0.5, 0.6) is 11.5 Å². The first-order chi connectivity index (χ1) is 29.4. The summed E-state index contributed by atoms with van der Waals surface area (Å²) in [6, 6.07) is 21.2. The normalized spacial score (nSPS) is 24.7. The quantitative estimate of drug-likeness (QED) is 0.0449. The molecule has 3 aromatic carbocycles. The van der Waals surface area contributed by atoms with Crippen molar-refractivity contribution in [2.45, 2.75) is 82.8 Å². The molecule has 0 unspecified atom stereocenters. The van der Waals surface area contributed by atoms with Gasteiger partial charge in [0.25, 0.3) is 0 Å². The molecule has 2 N–H and O–H groups in total. The molecule has 0 radical (unpaired) electrons. The van der Waals surface area contributed by atoms with Gasteiger partial charge in [-0.3, -0.25) is 9.80 Å². The number of hydrogen-bond acceptors (Lipinski definition) is 10. The number of carbonyl (C=O) groups is 1. The molecule has 11 nitrogen and oxygen atoms in total. The first-order valence-electron chi connectivity index (χ1n) is 21.7. The number of unbranched alkanes of at least 4 members (excludes halogenated alkanes) is 2. The van der Waals surface area contributed by atoms with Crippen LogP contribution in [0.1, 0.15) is 74.5 Å². The minimum absolute atomic E-state index is 0.0598. The summed E-state index contributed by atoms with van der Waals surface area (Å²) in [5, 5.41) is 24.8. The maximum atomic E-state index is 14.4. The Bertz CT molecular complexity index is 1940. The maximum Gasteiger partial charge on any atom is 0.410 e. The molecule has 322 valence electrons. The third-order valence-electron chi connectivity index (χ3n) is 12.3. The second-order valence-electron chi connectivity index (χ2n) is 16.2. The van der Waals surface area contributed by atoms with E-state index >= 15 is 0 Å². The summed E-state index contributed by atoms with van der Waals surface area (Å²) in [5.41, 5.74) is 4.26. The number of aliphatic hydroxyl groups is 2. The van der Waals surface area contributed by atoms with Crippen LogP contribution in [0.4, 0.5) is 9.18 Å². The molecule has 7 rings (SSSR count). The number of rotatable bonds is 22. The van der Waals surface area contributed by atoms with Gasteiger partial charge in [0.05, 0.1) is 24.8 Å². The average molecular weight is 826 g/mol. The van der Waals surface area contributed by atoms with Crippen LogP contribution in [0.15, 0.2) is 102 Å². The number of ether oxygens (including phenoxy) is 4. The zero-order chi connectivity index (χ0) is 41.9. The second kappa shape index (κ2) is 20.7. The topological polar surface area (TPSA) is 122 Å². The summed E-state index contributed by atoms with van der Waals surface area (Å²) >= 11 is 0. The smallest absolute Gasteiger partial charge is 0.410 e. The van der Waals surface area contributed by atoms with E-state index in [4.69, 9.17) is 28.9 Å². The minimum Gasteiger partial charge on any atom is -0.492 e. The van der Waals surface area contributed by atoms with Gasteiger partial charge in [0.2, 0.25) is 5.79 Å². The van der Waals surface area contributed by atoms with E-state index in [1.807, 2.05) is 42.5 Å². The number of carbonyl (C=O) groups excluding carboxylic acids is 1. The molecular weight excluding hydrogens is 766 g/mol. The molecule has 2 aliphatic carbocycles. The lowest BCUT2D eigenvalue weighted by Gasteiger charge is -2.59. The van der Waals surface area contributed by atoms with Crippen LogP contribution in [0, 0.1) is 23.6 Å². The summed E-state index contributed by atoms with van der Waals surface area (Å²) < 4.78 is 40.8. The van der Waals surface area contributed by atoms with Crippen molar-refractivity contribution in [2.75, 3.05) is 52.7 Å². The van der Waals surface area contributed by atoms with Crippen molar-refractivity contribution in [3.05, 3.63) is 120 Å². The zero-order valence-electron chi connectivity index (χ0n) is 34.8. The molecule has 2 heterocycles. The summed E-state index contributed by atoms with van der Waals surface area (Å²) in [6.45, 7) is 10.2. The van der Waals surface area contributed by atoms with Gasteiger partial charge in [-0.25, -0.2) is 9.18 Å². The predicted octanol–water partition coefficient (Wildman–Crippen LogP) is 8.01. The number of halogens is 1. The van der Waals surface area contributed by atoms with Crippen LogP contribution in [-0.4, -0.2) is 96.3 Å². The van der Waals surface area contributed by atoms with E-state index in [1.165, 1.54) is 12.1 Å². The third kappa shape index (κ3) is 10.1. The number of allylic oxidation sites excluding steroid dienone is 1. The third-order valence-corrected chi connectivity index (χ3v) is 12.3. The molecule has 6 atom stereocenters. The Kier molecular flexibility index (Phi) is 14.9. The molecule has 2 aliphatic heterocycles. The molecule has 1 saturated carbocycles. The molecule has 1 amide bonds. The van der Waals surface area contributed by atoms with Crippen molar-refractivity contribution in [1.82, 2.24) is 9.80 Å². The van der Waals surface area contributed by atoms with E-state index in [9.17, 15) is 19.4 Å². The van der Waals surface area contributed by atoms with Gasteiger partial charge in [-0.15, -0.1) is 6.58 Å². The number of fused-ring (bicyclic) bond motifs is 2. The number of hydrogen-bond donors (Lipinski definition) is 2. The van der Waals surface area contributed by atoms with Gasteiger partial charge in [0.15, 0.2) is 0 Å². The lowest BCUT2D eigenvalue weighted by Crippen LogP contribution is -2.70. The van der Waals surface area contributed by atoms with Gasteiger partial charge >= 0.3 is 6.09 Å². The molecule has 3 aromatic rings. The van der Waals surface area contributed by atoms with Crippen LogP contribution in [0.25, 0.3) is 0 Å². The Hall–Kier alpha value is -4.75. The number of aliphatic hydroxyl groups excluding tert-OH is 2. The Balaban J connectivity index is 1.42. The number of nitrogens with zero attached hydrogens (tertiary/aromatic N) is 3. The Morgan fingerprint density at radius 3 is 2.50 bits per heavy atom. The van der Waals surface area contributed by atoms with Crippen LogP contribution in [-0.2, 0) is 27.5 Å². The Morgan fingerprint density at radius 2 is 1.78 bits per heavy atom. The van der Waals surface area contributed by atoms with Crippen molar-refractivity contribution < 1.29 is 43.2 Å². The molecule has 1 saturated heterocycles. The molecule has 12 heteroatoms. The van der Waals surface area contributed by atoms with Crippen molar-refractivity contribution in [3.8, 4) is 11.5 Å². The highest BCUT2D eigenvalue weighted by atomic mass is 19.1. The summed E-state index contributed by atoms with van der Waals surface area (Å²) in [5.74, 6) is -1.01. The lowest BCUT2D eigenvalue weighted by atomic mass is 9.55. The van der Waals surface area contributed by atoms with Crippen LogP contribution < -0.4 is 9.47 Å². The van der Waals surface area contributed by atoms with E-state index in [0.717, 1.165) is 67.8 Å². The maximum absolute atomic E-state index is 14.4. The minimum atomic E-state index is -1.46. The standard InChI is InChI=1S/C48H60FN3O8/c1-3-27-58-48-44(52(47(55)56-4-2)32-34-16-18-37(49)19-17-34)31-42(50-59-33-35-12-6-5-7-13-35)40-29-36(14-8-10-25-53)39(15-9-11-26-54)45(46(40)48)41-30-38(20-21-43(41)60-48)57-28-24-51-22-23-51/h3,5-7,12-13,16-21,29-30,36,39,44-46,53-54H,1,4,8-11,14-15,22-28,31-33H2,2H3/t36-,39+,44-,45+,46+,48+/m0/s1. The first kappa shape index (κ1) is 43.3. The predicted molar refractivity (Wildman–Crippen MR) is 227 cm³/mol. The molecule has 0 spiro atoms. The van der Waals surface area contributed by atoms with E-state index in [0.29, 0.717) is 36.5 Å². The van der Waals surface area contributed by atoms with Gasteiger partial charge in [0.1, 0.15) is 36.6 Å². The van der Waals surface area contributed by atoms with Crippen molar-refractivity contribution in [1.29, 1.82) is 0 Å².